The molecular formula is C24H23N5O2S. The number of para-hydroxylation sites is 1. The monoisotopic (exact) mass is 445 g/mol. The minimum atomic E-state index is -0.436. The molecule has 0 bridgehead atoms. The molecular weight excluding hydrogens is 422 g/mol. The number of rotatable bonds is 7. The zero-order valence-corrected chi connectivity index (χ0v) is 18.5. The third-order valence-electron chi connectivity index (χ3n) is 4.93. The molecule has 3 N–H and O–H groups in total. The molecule has 1 unspecified atom stereocenters. The summed E-state index contributed by atoms with van der Waals surface area (Å²) in [6.07, 6.45) is 0. The van der Waals surface area contributed by atoms with E-state index >= 15 is 0 Å². The third kappa shape index (κ3) is 4.60. The number of anilines is 1. The summed E-state index contributed by atoms with van der Waals surface area (Å²) in [7, 11) is 1.61. The largest absolute Gasteiger partial charge is 0.497 e. The van der Waals surface area contributed by atoms with Crippen molar-refractivity contribution in [3.8, 4) is 28.3 Å². The molecule has 0 fully saturated rings. The molecule has 0 aliphatic carbocycles. The van der Waals surface area contributed by atoms with Gasteiger partial charge in [-0.25, -0.2) is 4.68 Å². The number of hydrogen-bond donors (Lipinski definition) is 2. The van der Waals surface area contributed by atoms with Crippen molar-refractivity contribution in [1.82, 2.24) is 14.9 Å². The summed E-state index contributed by atoms with van der Waals surface area (Å²) < 4.78 is 6.58. The first-order valence-corrected chi connectivity index (χ1v) is 10.9. The Bertz CT molecular complexity index is 1210. The third-order valence-corrected chi connectivity index (χ3v) is 5.99. The van der Waals surface area contributed by atoms with Crippen LogP contribution < -0.4 is 15.9 Å². The first-order chi connectivity index (χ1) is 15.6. The normalized spacial score (nSPS) is 11.7. The Kier molecular flexibility index (Phi) is 6.42. The lowest BCUT2D eigenvalue weighted by molar-refractivity contribution is -0.115. The van der Waals surface area contributed by atoms with Gasteiger partial charge in [-0.1, -0.05) is 60.3 Å². The van der Waals surface area contributed by atoms with E-state index in [0.717, 1.165) is 28.1 Å². The average Bonchev–Trinajstić information content (AvgIpc) is 3.19. The van der Waals surface area contributed by atoms with Crippen molar-refractivity contribution in [3.05, 3.63) is 78.9 Å². The van der Waals surface area contributed by atoms with Crippen LogP contribution >= 0.6 is 11.8 Å². The number of nitrogens with one attached hydrogen (secondary N) is 1. The number of hydrogen-bond acceptors (Lipinski definition) is 6. The molecule has 8 heteroatoms. The zero-order chi connectivity index (χ0) is 22.5. The number of methoxy groups -OCH3 is 1. The van der Waals surface area contributed by atoms with Crippen LogP contribution in [0.4, 0.5) is 5.69 Å². The summed E-state index contributed by atoms with van der Waals surface area (Å²) in [6, 6.07) is 25.1. The maximum absolute atomic E-state index is 12.9. The minimum Gasteiger partial charge on any atom is -0.497 e. The quantitative estimate of drug-likeness (QED) is 0.322. The van der Waals surface area contributed by atoms with E-state index in [9.17, 15) is 4.79 Å². The van der Waals surface area contributed by atoms with E-state index in [-0.39, 0.29) is 5.91 Å². The highest BCUT2D eigenvalue weighted by Gasteiger charge is 2.21. The Hall–Kier alpha value is -3.78. The van der Waals surface area contributed by atoms with E-state index in [1.54, 1.807) is 7.11 Å². The van der Waals surface area contributed by atoms with E-state index in [1.165, 1.54) is 16.4 Å². The van der Waals surface area contributed by atoms with Gasteiger partial charge in [-0.3, -0.25) is 4.79 Å². The molecule has 3 aromatic carbocycles. The second-order valence-electron chi connectivity index (χ2n) is 7.07. The summed E-state index contributed by atoms with van der Waals surface area (Å²) in [6.45, 7) is 1.81. The first kappa shape index (κ1) is 21.5. The number of carbonyl (C=O) groups is 1. The van der Waals surface area contributed by atoms with E-state index in [0.29, 0.717) is 11.0 Å². The van der Waals surface area contributed by atoms with Crippen molar-refractivity contribution in [2.45, 2.75) is 17.3 Å². The molecule has 162 valence electrons. The van der Waals surface area contributed by atoms with Gasteiger partial charge in [0.15, 0.2) is 5.82 Å². The second-order valence-corrected chi connectivity index (χ2v) is 8.37. The Labute approximate surface area is 190 Å². The molecule has 1 atom stereocenters. The molecule has 4 rings (SSSR count). The molecule has 0 spiro atoms. The topological polar surface area (TPSA) is 95.1 Å². The number of benzene rings is 3. The highest BCUT2D eigenvalue weighted by molar-refractivity contribution is 8.00. The molecule has 0 saturated heterocycles. The lowest BCUT2D eigenvalue weighted by Crippen LogP contribution is -2.24. The molecule has 0 aliphatic rings. The predicted octanol–water partition coefficient (Wildman–Crippen LogP) is 4.45. The van der Waals surface area contributed by atoms with Crippen LogP contribution in [0.15, 0.2) is 84.0 Å². The van der Waals surface area contributed by atoms with Crippen molar-refractivity contribution >= 4 is 23.4 Å². The van der Waals surface area contributed by atoms with E-state index < -0.39 is 5.25 Å². The van der Waals surface area contributed by atoms with Gasteiger partial charge in [-0.15, -0.1) is 10.2 Å². The second kappa shape index (κ2) is 9.57. The predicted molar refractivity (Wildman–Crippen MR) is 128 cm³/mol. The molecule has 7 nitrogen and oxygen atoms in total. The van der Waals surface area contributed by atoms with Crippen molar-refractivity contribution < 1.29 is 9.53 Å². The lowest BCUT2D eigenvalue weighted by Gasteiger charge is -2.14. The molecule has 0 radical (unpaired) electrons. The van der Waals surface area contributed by atoms with Crippen LogP contribution in [-0.4, -0.2) is 33.1 Å². The zero-order valence-electron chi connectivity index (χ0n) is 17.7. The lowest BCUT2D eigenvalue weighted by atomic mass is 10.0. The van der Waals surface area contributed by atoms with Crippen LogP contribution in [-0.2, 0) is 4.79 Å². The summed E-state index contributed by atoms with van der Waals surface area (Å²) in [5.74, 6) is 7.32. The fraction of sp³-hybridized carbons (Fsp3) is 0.125. The Balaban J connectivity index is 1.48. The Morgan fingerprint density at radius 2 is 1.66 bits per heavy atom. The molecule has 32 heavy (non-hydrogen) atoms. The fourth-order valence-electron chi connectivity index (χ4n) is 3.20. The number of aromatic nitrogens is 3. The standard InChI is InChI=1S/C24H23N5O2S/c1-16(23(30)26-21-11-7-6-10-20(21)17-8-4-3-5-9-17)32-24-28-27-22(29(24)25)18-12-14-19(31-2)15-13-18/h3-16H,25H2,1-2H3,(H,26,30). The van der Waals surface area contributed by atoms with Gasteiger partial charge in [0.25, 0.3) is 0 Å². The van der Waals surface area contributed by atoms with Crippen LogP contribution in [0.1, 0.15) is 6.92 Å². The molecule has 4 aromatic rings. The molecule has 1 amide bonds. The number of nitrogens with zero attached hydrogens (tertiary/aromatic N) is 3. The fourth-order valence-corrected chi connectivity index (χ4v) is 3.97. The van der Waals surface area contributed by atoms with Gasteiger partial charge in [0.05, 0.1) is 12.4 Å². The highest BCUT2D eigenvalue weighted by Crippen LogP contribution is 2.30. The van der Waals surface area contributed by atoms with Gasteiger partial charge in [0.2, 0.25) is 11.1 Å². The first-order valence-electron chi connectivity index (χ1n) is 10.0. The van der Waals surface area contributed by atoms with Crippen LogP contribution in [0.2, 0.25) is 0 Å². The van der Waals surface area contributed by atoms with Gasteiger partial charge in [-0.05, 0) is 42.8 Å². The van der Waals surface area contributed by atoms with Crippen LogP contribution in [0.25, 0.3) is 22.5 Å². The van der Waals surface area contributed by atoms with Gasteiger partial charge < -0.3 is 15.9 Å². The molecule has 0 aliphatic heterocycles. The number of nitrogens with two attached hydrogens (primary N) is 1. The Morgan fingerprint density at radius 1 is 0.969 bits per heavy atom. The van der Waals surface area contributed by atoms with Crippen molar-refractivity contribution in [3.63, 3.8) is 0 Å². The molecule has 1 aromatic heterocycles. The van der Waals surface area contributed by atoms with Gasteiger partial charge >= 0.3 is 0 Å². The smallest absolute Gasteiger partial charge is 0.237 e. The Morgan fingerprint density at radius 3 is 2.38 bits per heavy atom. The average molecular weight is 446 g/mol. The summed E-state index contributed by atoms with van der Waals surface area (Å²) in [5, 5.41) is 11.4. The van der Waals surface area contributed by atoms with Crippen molar-refractivity contribution in [2.24, 2.45) is 0 Å². The van der Waals surface area contributed by atoms with Gasteiger partial charge in [0, 0.05) is 16.8 Å². The number of ether oxygens (including phenoxy) is 1. The summed E-state index contributed by atoms with van der Waals surface area (Å²) >= 11 is 1.25. The highest BCUT2D eigenvalue weighted by atomic mass is 32.2. The van der Waals surface area contributed by atoms with E-state index in [2.05, 4.69) is 15.5 Å². The number of thioether (sulfide) groups is 1. The van der Waals surface area contributed by atoms with Gasteiger partial charge in [-0.2, -0.15) is 0 Å². The number of amides is 1. The molecule has 0 saturated carbocycles. The van der Waals surface area contributed by atoms with Crippen molar-refractivity contribution in [1.29, 1.82) is 0 Å². The van der Waals surface area contributed by atoms with E-state index in [4.69, 9.17) is 10.6 Å². The van der Waals surface area contributed by atoms with Crippen LogP contribution in [0.5, 0.6) is 5.75 Å². The minimum absolute atomic E-state index is 0.146. The SMILES string of the molecule is COc1ccc(-c2nnc(SC(C)C(=O)Nc3ccccc3-c3ccccc3)n2N)cc1. The van der Waals surface area contributed by atoms with Gasteiger partial charge in [0.1, 0.15) is 5.75 Å². The van der Waals surface area contributed by atoms with Crippen LogP contribution in [0.3, 0.4) is 0 Å². The maximum atomic E-state index is 12.9. The van der Waals surface area contributed by atoms with Crippen molar-refractivity contribution in [2.75, 3.05) is 18.3 Å². The van der Waals surface area contributed by atoms with Crippen LogP contribution in [0, 0.1) is 0 Å². The number of carbonyl (C=O) groups excluding carboxylic acids is 1. The summed E-state index contributed by atoms with van der Waals surface area (Å²) in [4.78, 5) is 12.9. The summed E-state index contributed by atoms with van der Waals surface area (Å²) in [5.41, 5.74) is 3.56. The maximum Gasteiger partial charge on any atom is 0.237 e. The van der Waals surface area contributed by atoms with E-state index in [1.807, 2.05) is 85.8 Å². The molecule has 1 heterocycles. The number of nitrogen functional groups attached to an aromatic ring is 1.